The summed E-state index contributed by atoms with van der Waals surface area (Å²) < 4.78 is 1.18. The van der Waals surface area contributed by atoms with E-state index in [0.29, 0.717) is 51.5 Å². The second kappa shape index (κ2) is 8.34. The Morgan fingerprint density at radius 3 is 2.50 bits per heavy atom. The van der Waals surface area contributed by atoms with E-state index < -0.39 is 16.2 Å². The fraction of sp³-hybridized carbons (Fsp3) is 0.500. The van der Waals surface area contributed by atoms with E-state index in [4.69, 9.17) is 0 Å². The molecule has 1 aliphatic heterocycles. The van der Waals surface area contributed by atoms with Crippen LogP contribution in [0.5, 0.6) is 0 Å². The van der Waals surface area contributed by atoms with Crippen molar-refractivity contribution in [1.82, 2.24) is 19.2 Å². The molecular formula is C18H24N6O4. The van der Waals surface area contributed by atoms with E-state index in [2.05, 4.69) is 4.98 Å². The van der Waals surface area contributed by atoms with Crippen molar-refractivity contribution in [3.05, 3.63) is 44.9 Å². The van der Waals surface area contributed by atoms with Gasteiger partial charge in [0.25, 0.3) is 0 Å². The van der Waals surface area contributed by atoms with E-state index in [1.54, 1.807) is 28.0 Å². The molecule has 3 rings (SSSR count). The molecule has 0 radical (unpaired) electrons. The number of likely N-dealkylation sites (N-methyl/N-ethyl adjacent to an activating group) is 1. The highest BCUT2D eigenvalue weighted by Crippen LogP contribution is 2.24. The Balaban J connectivity index is 1.80. The van der Waals surface area contributed by atoms with Crippen molar-refractivity contribution in [3.8, 4) is 0 Å². The summed E-state index contributed by atoms with van der Waals surface area (Å²) in [5.74, 6) is 0.169. The molecule has 0 bridgehead atoms. The van der Waals surface area contributed by atoms with Crippen molar-refractivity contribution in [3.63, 3.8) is 0 Å². The van der Waals surface area contributed by atoms with Gasteiger partial charge in [-0.15, -0.1) is 0 Å². The summed E-state index contributed by atoms with van der Waals surface area (Å²) in [5.41, 5.74) is -0.839. The van der Waals surface area contributed by atoms with Gasteiger partial charge in [-0.25, -0.2) is 4.98 Å². The number of hydrogen-bond donors (Lipinski definition) is 0. The van der Waals surface area contributed by atoms with Gasteiger partial charge in [0, 0.05) is 45.5 Å². The standard InChI is InChI=1S/C18H24N6O4/c1-3-21(4-2)15(25)13-20-9-11-22(12-10-20)17-16(24(27)28)18(26)23-8-6-5-7-14(23)19-17/h5-8H,3-4,9-13H2,1-2H3. The van der Waals surface area contributed by atoms with Crippen molar-refractivity contribution in [2.45, 2.75) is 13.8 Å². The van der Waals surface area contributed by atoms with Crippen LogP contribution in [-0.4, -0.2) is 75.8 Å². The number of piperazine rings is 1. The molecule has 150 valence electrons. The number of aromatic nitrogens is 2. The summed E-state index contributed by atoms with van der Waals surface area (Å²) in [5, 5.41) is 11.5. The van der Waals surface area contributed by atoms with Crippen molar-refractivity contribution in [2.24, 2.45) is 0 Å². The van der Waals surface area contributed by atoms with Gasteiger partial charge in [-0.2, -0.15) is 0 Å². The lowest BCUT2D eigenvalue weighted by molar-refractivity contribution is -0.385. The third-order valence-corrected chi connectivity index (χ3v) is 5.02. The minimum Gasteiger partial charge on any atom is -0.348 e. The first-order valence-electron chi connectivity index (χ1n) is 9.37. The van der Waals surface area contributed by atoms with Crippen LogP contribution < -0.4 is 10.5 Å². The number of hydrogen-bond acceptors (Lipinski definition) is 7. The summed E-state index contributed by atoms with van der Waals surface area (Å²) in [6.07, 6.45) is 1.47. The number of amides is 1. The molecule has 10 heteroatoms. The van der Waals surface area contributed by atoms with Gasteiger partial charge in [0.05, 0.1) is 11.5 Å². The summed E-state index contributed by atoms with van der Waals surface area (Å²) in [6, 6.07) is 5.01. The first-order valence-corrected chi connectivity index (χ1v) is 9.37. The van der Waals surface area contributed by atoms with Crippen LogP contribution in [0.4, 0.5) is 11.5 Å². The largest absolute Gasteiger partial charge is 0.376 e. The Labute approximate surface area is 162 Å². The van der Waals surface area contributed by atoms with Crippen LogP contribution in [0, 0.1) is 10.1 Å². The maximum atomic E-state index is 12.6. The van der Waals surface area contributed by atoms with E-state index in [1.165, 1.54) is 10.6 Å². The zero-order valence-corrected chi connectivity index (χ0v) is 16.1. The molecule has 0 spiro atoms. The maximum Gasteiger partial charge on any atom is 0.376 e. The average molecular weight is 388 g/mol. The Kier molecular flexibility index (Phi) is 5.88. The molecule has 1 aliphatic rings. The third kappa shape index (κ3) is 3.81. The normalized spacial score (nSPS) is 15.0. The van der Waals surface area contributed by atoms with E-state index in [9.17, 15) is 19.7 Å². The molecule has 2 aromatic rings. The highest BCUT2D eigenvalue weighted by Gasteiger charge is 2.30. The van der Waals surface area contributed by atoms with Crippen LogP contribution in [0.25, 0.3) is 5.65 Å². The highest BCUT2D eigenvalue weighted by atomic mass is 16.6. The first-order chi connectivity index (χ1) is 13.5. The third-order valence-electron chi connectivity index (χ3n) is 5.02. The van der Waals surface area contributed by atoms with Gasteiger partial charge in [0.1, 0.15) is 5.65 Å². The Bertz CT molecular complexity index is 931. The molecular weight excluding hydrogens is 364 g/mol. The van der Waals surface area contributed by atoms with E-state index >= 15 is 0 Å². The van der Waals surface area contributed by atoms with E-state index in [-0.39, 0.29) is 11.7 Å². The van der Waals surface area contributed by atoms with Gasteiger partial charge in [-0.3, -0.25) is 29.0 Å². The van der Waals surface area contributed by atoms with Gasteiger partial charge in [-0.1, -0.05) is 6.07 Å². The van der Waals surface area contributed by atoms with Crippen molar-refractivity contribution in [1.29, 1.82) is 0 Å². The second-order valence-corrected chi connectivity index (χ2v) is 6.60. The number of carbonyl (C=O) groups excluding carboxylic acids is 1. The number of pyridine rings is 1. The molecule has 0 atom stereocenters. The number of nitro groups is 1. The molecule has 3 heterocycles. The lowest BCUT2D eigenvalue weighted by atomic mass is 10.2. The number of nitrogens with zero attached hydrogens (tertiary/aromatic N) is 6. The van der Waals surface area contributed by atoms with Crippen LogP contribution in [-0.2, 0) is 4.79 Å². The van der Waals surface area contributed by atoms with Gasteiger partial charge < -0.3 is 9.80 Å². The molecule has 0 N–H and O–H groups in total. The first kappa shape index (κ1) is 19.7. The lowest BCUT2D eigenvalue weighted by Crippen LogP contribution is -2.50. The van der Waals surface area contributed by atoms with Crippen LogP contribution in [0.2, 0.25) is 0 Å². The Morgan fingerprint density at radius 1 is 1.21 bits per heavy atom. The van der Waals surface area contributed by atoms with E-state index in [0.717, 1.165) is 0 Å². The zero-order chi connectivity index (χ0) is 20.3. The van der Waals surface area contributed by atoms with E-state index in [1.807, 2.05) is 18.7 Å². The van der Waals surface area contributed by atoms with Crippen LogP contribution >= 0.6 is 0 Å². The van der Waals surface area contributed by atoms with Crippen LogP contribution in [0.3, 0.4) is 0 Å². The number of rotatable bonds is 6. The van der Waals surface area contributed by atoms with Crippen molar-refractivity contribution >= 4 is 23.1 Å². The summed E-state index contributed by atoms with van der Waals surface area (Å²) >= 11 is 0. The van der Waals surface area contributed by atoms with Gasteiger partial charge in [0.15, 0.2) is 0 Å². The highest BCUT2D eigenvalue weighted by molar-refractivity contribution is 5.78. The SMILES string of the molecule is CCN(CC)C(=O)CN1CCN(c2nc3ccccn3c(=O)c2[N+](=O)[O-])CC1. The molecule has 0 unspecified atom stereocenters. The molecule has 1 fully saturated rings. The zero-order valence-electron chi connectivity index (χ0n) is 16.1. The lowest BCUT2D eigenvalue weighted by Gasteiger charge is -2.35. The Hall–Kier alpha value is -3.01. The number of anilines is 1. The smallest absolute Gasteiger partial charge is 0.348 e. The minimum absolute atomic E-state index is 0.0755. The molecule has 0 saturated carbocycles. The average Bonchev–Trinajstić information content (AvgIpc) is 2.69. The van der Waals surface area contributed by atoms with Crippen molar-refractivity contribution < 1.29 is 9.72 Å². The molecule has 28 heavy (non-hydrogen) atoms. The van der Waals surface area contributed by atoms with Crippen LogP contribution in [0.1, 0.15) is 13.8 Å². The Morgan fingerprint density at radius 2 is 1.89 bits per heavy atom. The molecule has 1 amide bonds. The predicted molar refractivity (Wildman–Crippen MR) is 105 cm³/mol. The quantitative estimate of drug-likeness (QED) is 0.527. The fourth-order valence-electron chi connectivity index (χ4n) is 3.43. The minimum atomic E-state index is -0.690. The number of carbonyl (C=O) groups is 1. The van der Waals surface area contributed by atoms with Crippen molar-refractivity contribution in [2.75, 3.05) is 50.7 Å². The topological polar surface area (TPSA) is 104 Å². The van der Waals surface area contributed by atoms with Gasteiger partial charge in [-0.05, 0) is 26.0 Å². The molecule has 10 nitrogen and oxygen atoms in total. The van der Waals surface area contributed by atoms with Crippen LogP contribution in [0.15, 0.2) is 29.2 Å². The number of fused-ring (bicyclic) bond motifs is 1. The molecule has 2 aromatic heterocycles. The molecule has 0 aliphatic carbocycles. The van der Waals surface area contributed by atoms with Gasteiger partial charge >= 0.3 is 11.2 Å². The molecule has 1 saturated heterocycles. The monoisotopic (exact) mass is 388 g/mol. The maximum absolute atomic E-state index is 12.6. The summed E-state index contributed by atoms with van der Waals surface area (Å²) in [7, 11) is 0. The second-order valence-electron chi connectivity index (χ2n) is 6.60. The summed E-state index contributed by atoms with van der Waals surface area (Å²) in [4.78, 5) is 45.7. The molecule has 0 aromatic carbocycles. The predicted octanol–water partition coefficient (Wildman–Crippen LogP) is 0.593. The van der Waals surface area contributed by atoms with Gasteiger partial charge in [0.2, 0.25) is 11.7 Å². The fourth-order valence-corrected chi connectivity index (χ4v) is 3.43. The summed E-state index contributed by atoms with van der Waals surface area (Å²) in [6.45, 7) is 7.62.